The number of allylic oxidation sites excluding steroid dienone is 2. The predicted molar refractivity (Wildman–Crippen MR) is 63.8 cm³/mol. The van der Waals surface area contributed by atoms with Gasteiger partial charge in [-0.2, -0.15) is 0 Å². The van der Waals surface area contributed by atoms with Crippen molar-refractivity contribution in [1.29, 1.82) is 0 Å². The summed E-state index contributed by atoms with van der Waals surface area (Å²) in [6.07, 6.45) is 2.54. The van der Waals surface area contributed by atoms with E-state index in [2.05, 4.69) is 0 Å². The van der Waals surface area contributed by atoms with Gasteiger partial charge in [-0.1, -0.05) is 22.7 Å². The van der Waals surface area contributed by atoms with E-state index in [4.69, 9.17) is 0 Å². The molecule has 0 saturated heterocycles. The monoisotopic (exact) mass is 248 g/mol. The van der Waals surface area contributed by atoms with Gasteiger partial charge < -0.3 is 0 Å². The van der Waals surface area contributed by atoms with Gasteiger partial charge in [0.2, 0.25) is 0 Å². The third-order valence-corrected chi connectivity index (χ3v) is 4.47. The molecule has 1 aromatic carbocycles. The molecule has 1 aliphatic carbocycles. The lowest BCUT2D eigenvalue weighted by atomic mass is 9.95. The lowest BCUT2D eigenvalue weighted by Gasteiger charge is -2.07. The van der Waals surface area contributed by atoms with E-state index in [1.807, 2.05) is 0 Å². The molecule has 3 nitrogen and oxygen atoms in total. The highest BCUT2D eigenvalue weighted by atomic mass is 32.2. The first kappa shape index (κ1) is 9.62. The molecule has 0 amide bonds. The Hall–Kier alpha value is -1.59. The average molecular weight is 248 g/mol. The van der Waals surface area contributed by atoms with Crippen molar-refractivity contribution in [3.63, 3.8) is 0 Å². The molecule has 1 aromatic heterocycles. The largest absolute Gasteiger partial charge is 0.289 e. The molecule has 78 valence electrons. The normalized spacial score (nSPS) is 14.5. The Morgan fingerprint density at radius 2 is 1.19 bits per heavy atom. The quantitative estimate of drug-likeness (QED) is 0.718. The molecule has 5 heteroatoms. The first-order chi connectivity index (χ1) is 7.65. The van der Waals surface area contributed by atoms with Gasteiger partial charge >= 0.3 is 0 Å². The minimum Gasteiger partial charge on any atom is -0.289 e. The van der Waals surface area contributed by atoms with Gasteiger partial charge in [0.15, 0.2) is 11.6 Å². The summed E-state index contributed by atoms with van der Waals surface area (Å²) in [5, 5.41) is 0. The standard InChI is InChI=1S/C11H4O3S2/c12-7-1-2-8(13)6-4-10-9(3-5(6)7)15-11(14)16-10/h1-4H. The van der Waals surface area contributed by atoms with Gasteiger partial charge in [0, 0.05) is 20.5 Å². The topological polar surface area (TPSA) is 51.2 Å². The second-order valence-electron chi connectivity index (χ2n) is 3.36. The van der Waals surface area contributed by atoms with Gasteiger partial charge in [-0.15, -0.1) is 0 Å². The number of rotatable bonds is 0. The number of fused-ring (bicyclic) bond motifs is 2. The van der Waals surface area contributed by atoms with E-state index in [1.54, 1.807) is 12.1 Å². The molecule has 0 aliphatic heterocycles. The van der Waals surface area contributed by atoms with E-state index in [1.165, 1.54) is 12.2 Å². The summed E-state index contributed by atoms with van der Waals surface area (Å²) < 4.78 is 1.51. The van der Waals surface area contributed by atoms with Crippen molar-refractivity contribution in [2.45, 2.75) is 0 Å². The van der Waals surface area contributed by atoms with Gasteiger partial charge in [0.25, 0.3) is 4.06 Å². The molecule has 0 saturated carbocycles. The predicted octanol–water partition coefficient (Wildman–Crippen LogP) is 2.26. The van der Waals surface area contributed by atoms with Crippen molar-refractivity contribution in [1.82, 2.24) is 0 Å². The Kier molecular flexibility index (Phi) is 1.92. The lowest BCUT2D eigenvalue weighted by Crippen LogP contribution is -2.10. The summed E-state index contributed by atoms with van der Waals surface area (Å²) in [5.41, 5.74) is 0.795. The van der Waals surface area contributed by atoms with Crippen LogP contribution in [0.15, 0.2) is 29.1 Å². The molecule has 0 radical (unpaired) electrons. The van der Waals surface area contributed by atoms with E-state index in [0.717, 1.165) is 32.1 Å². The first-order valence-electron chi connectivity index (χ1n) is 4.49. The van der Waals surface area contributed by atoms with E-state index in [0.29, 0.717) is 11.1 Å². The zero-order chi connectivity index (χ0) is 11.3. The Morgan fingerprint density at radius 1 is 0.750 bits per heavy atom. The van der Waals surface area contributed by atoms with Crippen molar-refractivity contribution >= 4 is 43.6 Å². The van der Waals surface area contributed by atoms with E-state index in [9.17, 15) is 14.4 Å². The molecule has 0 bridgehead atoms. The number of benzene rings is 1. The zero-order valence-corrected chi connectivity index (χ0v) is 9.48. The molecule has 1 aliphatic rings. The van der Waals surface area contributed by atoms with Crippen LogP contribution >= 0.6 is 22.7 Å². The molecule has 0 atom stereocenters. The Morgan fingerprint density at radius 3 is 1.62 bits per heavy atom. The van der Waals surface area contributed by atoms with Crippen LogP contribution in [-0.2, 0) is 0 Å². The van der Waals surface area contributed by atoms with Crippen LogP contribution in [0, 0.1) is 0 Å². The average Bonchev–Trinajstić information content (AvgIpc) is 2.61. The highest BCUT2D eigenvalue weighted by molar-refractivity contribution is 7.35. The van der Waals surface area contributed by atoms with Crippen LogP contribution in [0.1, 0.15) is 20.7 Å². The molecule has 16 heavy (non-hydrogen) atoms. The molecule has 3 rings (SSSR count). The van der Waals surface area contributed by atoms with Crippen molar-refractivity contribution in [2.24, 2.45) is 0 Å². The Bertz CT molecular complexity index is 660. The van der Waals surface area contributed by atoms with Gasteiger partial charge in [-0.05, 0) is 24.3 Å². The van der Waals surface area contributed by atoms with Crippen LogP contribution in [0.4, 0.5) is 0 Å². The zero-order valence-electron chi connectivity index (χ0n) is 7.85. The summed E-state index contributed by atoms with van der Waals surface area (Å²) in [6, 6.07) is 3.27. The molecule has 0 spiro atoms. The van der Waals surface area contributed by atoms with Crippen molar-refractivity contribution in [2.75, 3.05) is 0 Å². The summed E-state index contributed by atoms with van der Waals surface area (Å²) in [4.78, 5) is 34.4. The van der Waals surface area contributed by atoms with Gasteiger partial charge in [0.1, 0.15) is 0 Å². The molecule has 0 fully saturated rings. The second-order valence-corrected chi connectivity index (χ2v) is 5.65. The molecular weight excluding hydrogens is 244 g/mol. The fourth-order valence-corrected chi connectivity index (χ4v) is 3.65. The van der Waals surface area contributed by atoms with Crippen molar-refractivity contribution in [3.05, 3.63) is 44.3 Å². The SMILES string of the molecule is O=C1C=CC(=O)c2cc3sc(=O)sc3cc21. The maximum absolute atomic E-state index is 11.6. The molecule has 0 N–H and O–H groups in total. The highest BCUT2D eigenvalue weighted by Gasteiger charge is 2.20. The molecule has 2 aromatic rings. The van der Waals surface area contributed by atoms with Crippen LogP contribution in [0.2, 0.25) is 0 Å². The van der Waals surface area contributed by atoms with Gasteiger partial charge in [-0.3, -0.25) is 14.4 Å². The minimum absolute atomic E-state index is 0.0230. The lowest BCUT2D eigenvalue weighted by molar-refractivity contribution is 0.0994. The number of ketones is 2. The number of hydrogen-bond donors (Lipinski definition) is 0. The summed E-state index contributed by atoms with van der Waals surface area (Å²) in [6.45, 7) is 0. The van der Waals surface area contributed by atoms with E-state index in [-0.39, 0.29) is 15.6 Å². The fraction of sp³-hybridized carbons (Fsp3) is 0. The van der Waals surface area contributed by atoms with Crippen LogP contribution in [0.3, 0.4) is 0 Å². The minimum atomic E-state index is -0.178. The van der Waals surface area contributed by atoms with Gasteiger partial charge in [-0.25, -0.2) is 0 Å². The summed E-state index contributed by atoms with van der Waals surface area (Å²) in [5.74, 6) is -0.357. The van der Waals surface area contributed by atoms with E-state index < -0.39 is 0 Å². The highest BCUT2D eigenvalue weighted by Crippen LogP contribution is 2.28. The van der Waals surface area contributed by atoms with Crippen LogP contribution in [0.5, 0.6) is 0 Å². The smallest absolute Gasteiger partial charge is 0.288 e. The first-order valence-corrected chi connectivity index (χ1v) is 6.13. The van der Waals surface area contributed by atoms with E-state index >= 15 is 0 Å². The Labute approximate surface area is 97.7 Å². The van der Waals surface area contributed by atoms with Crippen LogP contribution < -0.4 is 4.06 Å². The van der Waals surface area contributed by atoms with Gasteiger partial charge in [0.05, 0.1) is 0 Å². The third-order valence-electron chi connectivity index (χ3n) is 2.39. The number of hydrogen-bond acceptors (Lipinski definition) is 5. The van der Waals surface area contributed by atoms with Crippen molar-refractivity contribution < 1.29 is 9.59 Å². The number of carbonyl (C=O) groups is 2. The molecular formula is C11H4O3S2. The maximum atomic E-state index is 11.6. The van der Waals surface area contributed by atoms with Crippen LogP contribution in [-0.4, -0.2) is 11.6 Å². The maximum Gasteiger partial charge on any atom is 0.288 e. The molecule has 0 unspecified atom stereocenters. The second kappa shape index (κ2) is 3.20. The van der Waals surface area contributed by atoms with Crippen LogP contribution in [0.25, 0.3) is 9.40 Å². The Balaban J connectivity index is 2.43. The fourth-order valence-electron chi connectivity index (χ4n) is 1.66. The summed E-state index contributed by atoms with van der Waals surface area (Å²) >= 11 is 2.21. The molecule has 1 heterocycles. The summed E-state index contributed by atoms with van der Waals surface area (Å²) in [7, 11) is 0. The number of carbonyl (C=O) groups excluding carboxylic acids is 2. The van der Waals surface area contributed by atoms with Crippen molar-refractivity contribution in [3.8, 4) is 0 Å². The third kappa shape index (κ3) is 1.29.